The molecule has 0 radical (unpaired) electrons. The normalized spacial score (nSPS) is 13.9. The van der Waals surface area contributed by atoms with Crippen LogP contribution in [0.25, 0.3) is 0 Å². The summed E-state index contributed by atoms with van der Waals surface area (Å²) in [7, 11) is -9.91. The molecule has 0 rings (SSSR count). The summed E-state index contributed by atoms with van der Waals surface area (Å²) in [6.07, 6.45) is 63.9. The molecule has 19 heteroatoms. The summed E-state index contributed by atoms with van der Waals surface area (Å²) in [6.45, 7) is 7.32. The Morgan fingerprint density at radius 3 is 0.687 bits per heavy atom. The third-order valence-corrected chi connectivity index (χ3v) is 20.7. The molecule has 3 N–H and O–H groups in total. The number of rotatable bonds is 80. The van der Waals surface area contributed by atoms with Crippen LogP contribution in [0, 0.1) is 5.92 Å². The first-order chi connectivity index (χ1) is 48.0. The van der Waals surface area contributed by atoms with E-state index in [9.17, 15) is 43.2 Å². The number of hydrogen-bond donors (Lipinski definition) is 3. The molecular weight excluding hydrogens is 1290 g/mol. The van der Waals surface area contributed by atoms with E-state index < -0.39 is 97.5 Å². The summed E-state index contributed by atoms with van der Waals surface area (Å²) >= 11 is 0. The maximum Gasteiger partial charge on any atom is 0.472 e. The first-order valence-corrected chi connectivity index (χ1v) is 44.6. The summed E-state index contributed by atoms with van der Waals surface area (Å²) in [5.74, 6) is -1.32. The molecule has 2 unspecified atom stereocenters. The molecule has 0 aliphatic rings. The fourth-order valence-electron chi connectivity index (χ4n) is 12.4. The lowest BCUT2D eigenvalue weighted by atomic mass is 10.0. The minimum Gasteiger partial charge on any atom is -0.462 e. The highest BCUT2D eigenvalue weighted by molar-refractivity contribution is 7.47. The SMILES string of the molecule is CCCCCCCCCCCCCCCCCCCCCCCC(=O)O[C@H](COC(=O)CCCCCCCCCCCCCCCC(C)C)COP(=O)(O)OC[C@@H](O)COP(=O)(O)OC[C@@H](COC(=O)CCCCCCCCCC)OC(=O)CCCCCCCCCCCCCCCC. The van der Waals surface area contributed by atoms with Gasteiger partial charge in [-0.25, -0.2) is 9.13 Å². The average molecular weight is 1450 g/mol. The minimum absolute atomic E-state index is 0.108. The van der Waals surface area contributed by atoms with Gasteiger partial charge in [0.1, 0.15) is 19.3 Å². The van der Waals surface area contributed by atoms with Gasteiger partial charge in [-0.2, -0.15) is 0 Å². The molecular formula is C80H156O17P2. The molecule has 0 amide bonds. The van der Waals surface area contributed by atoms with Crippen LogP contribution in [0.1, 0.15) is 426 Å². The van der Waals surface area contributed by atoms with Crippen LogP contribution in [0.2, 0.25) is 0 Å². The van der Waals surface area contributed by atoms with E-state index >= 15 is 0 Å². The van der Waals surface area contributed by atoms with Crippen LogP contribution in [0.15, 0.2) is 0 Å². The predicted molar refractivity (Wildman–Crippen MR) is 405 cm³/mol. The van der Waals surface area contributed by atoms with Crippen LogP contribution in [-0.2, 0) is 65.4 Å². The van der Waals surface area contributed by atoms with Gasteiger partial charge in [0.05, 0.1) is 26.4 Å². The Labute approximate surface area is 607 Å². The topological polar surface area (TPSA) is 237 Å². The molecule has 588 valence electrons. The van der Waals surface area contributed by atoms with Crippen molar-refractivity contribution in [3.63, 3.8) is 0 Å². The second kappa shape index (κ2) is 73.0. The Bertz CT molecular complexity index is 1890. The van der Waals surface area contributed by atoms with Crippen LogP contribution in [0.3, 0.4) is 0 Å². The number of phosphoric ester groups is 2. The quantitative estimate of drug-likeness (QED) is 0.0222. The molecule has 0 heterocycles. The second-order valence-corrected chi connectivity index (χ2v) is 32.2. The van der Waals surface area contributed by atoms with Gasteiger partial charge in [-0.3, -0.25) is 37.3 Å². The maximum atomic E-state index is 13.1. The summed E-state index contributed by atoms with van der Waals surface area (Å²) < 4.78 is 68.6. The van der Waals surface area contributed by atoms with Crippen LogP contribution in [-0.4, -0.2) is 96.7 Å². The van der Waals surface area contributed by atoms with Gasteiger partial charge in [-0.05, 0) is 31.6 Å². The largest absolute Gasteiger partial charge is 0.472 e. The molecule has 5 atom stereocenters. The van der Waals surface area contributed by atoms with Gasteiger partial charge in [0.15, 0.2) is 12.2 Å². The van der Waals surface area contributed by atoms with E-state index in [1.807, 2.05) is 0 Å². The van der Waals surface area contributed by atoms with Gasteiger partial charge in [-0.1, -0.05) is 375 Å². The number of carbonyl (C=O) groups excluding carboxylic acids is 4. The Morgan fingerprint density at radius 2 is 0.465 bits per heavy atom. The zero-order valence-corrected chi connectivity index (χ0v) is 66.4. The fourth-order valence-corrected chi connectivity index (χ4v) is 14.0. The molecule has 0 saturated carbocycles. The molecule has 0 aromatic rings. The number of carbonyl (C=O) groups is 4. The lowest BCUT2D eigenvalue weighted by molar-refractivity contribution is -0.161. The number of esters is 4. The van der Waals surface area contributed by atoms with Crippen LogP contribution < -0.4 is 0 Å². The zero-order valence-electron chi connectivity index (χ0n) is 64.6. The van der Waals surface area contributed by atoms with Gasteiger partial charge in [0.25, 0.3) is 0 Å². The van der Waals surface area contributed by atoms with Gasteiger partial charge in [0, 0.05) is 25.7 Å². The van der Waals surface area contributed by atoms with E-state index in [1.54, 1.807) is 0 Å². The number of hydrogen-bond acceptors (Lipinski definition) is 15. The van der Waals surface area contributed by atoms with E-state index in [2.05, 4.69) is 34.6 Å². The van der Waals surface area contributed by atoms with E-state index in [-0.39, 0.29) is 25.7 Å². The van der Waals surface area contributed by atoms with Crippen molar-refractivity contribution in [3.05, 3.63) is 0 Å². The summed E-state index contributed by atoms with van der Waals surface area (Å²) in [5.41, 5.74) is 0. The number of aliphatic hydroxyl groups excluding tert-OH is 1. The van der Waals surface area contributed by atoms with Gasteiger partial charge < -0.3 is 33.8 Å². The fraction of sp³-hybridized carbons (Fsp3) is 0.950. The van der Waals surface area contributed by atoms with Crippen molar-refractivity contribution in [1.82, 2.24) is 0 Å². The summed E-state index contributed by atoms with van der Waals surface area (Å²) in [6, 6.07) is 0. The first kappa shape index (κ1) is 97.1. The Morgan fingerprint density at radius 1 is 0.273 bits per heavy atom. The molecule has 17 nitrogen and oxygen atoms in total. The highest BCUT2D eigenvalue weighted by Crippen LogP contribution is 2.45. The number of aliphatic hydroxyl groups is 1. The average Bonchev–Trinajstić information content (AvgIpc) is 1.24. The Balaban J connectivity index is 5.19. The van der Waals surface area contributed by atoms with Gasteiger partial charge >= 0.3 is 39.5 Å². The van der Waals surface area contributed by atoms with Gasteiger partial charge in [0.2, 0.25) is 0 Å². The van der Waals surface area contributed by atoms with E-state index in [1.165, 1.54) is 244 Å². The lowest BCUT2D eigenvalue weighted by Crippen LogP contribution is -2.30. The molecule has 0 aromatic carbocycles. The number of phosphoric acid groups is 2. The predicted octanol–water partition coefficient (Wildman–Crippen LogP) is 24.0. The van der Waals surface area contributed by atoms with Crippen LogP contribution in [0.5, 0.6) is 0 Å². The van der Waals surface area contributed by atoms with E-state index in [0.717, 1.165) is 102 Å². The monoisotopic (exact) mass is 1450 g/mol. The third kappa shape index (κ3) is 74.1. The summed E-state index contributed by atoms with van der Waals surface area (Å²) in [5, 5.41) is 10.6. The molecule has 0 saturated heterocycles. The van der Waals surface area contributed by atoms with Crippen molar-refractivity contribution < 1.29 is 80.2 Å². The molecule has 0 spiro atoms. The molecule has 0 bridgehead atoms. The van der Waals surface area contributed by atoms with Crippen molar-refractivity contribution in [2.45, 2.75) is 445 Å². The lowest BCUT2D eigenvalue weighted by Gasteiger charge is -2.21. The number of ether oxygens (including phenoxy) is 4. The standard InChI is InChI=1S/C80H156O17P2/c1-6-9-12-15-18-21-23-25-27-28-29-30-31-32-33-37-42-46-51-56-61-66-80(85)97-76(70-91-78(83)64-59-54-49-44-40-38-34-35-39-43-47-52-57-62-73(4)5)72-95-99(88,89)93-68-74(81)67-92-98(86,87)94-71-75(69-90-77(82)63-58-53-48-20-17-14-11-8-3)96-79(84)65-60-55-50-45-41-36-26-24-22-19-16-13-10-7-2/h73-76,81H,6-72H2,1-5H3,(H,86,87)(H,88,89)/t74-,75+,76+/m0/s1. The van der Waals surface area contributed by atoms with Crippen molar-refractivity contribution in [2.24, 2.45) is 5.92 Å². The second-order valence-electron chi connectivity index (χ2n) is 29.3. The van der Waals surface area contributed by atoms with E-state index in [4.69, 9.17) is 37.0 Å². The minimum atomic E-state index is -4.96. The van der Waals surface area contributed by atoms with Crippen molar-refractivity contribution in [3.8, 4) is 0 Å². The van der Waals surface area contributed by atoms with Gasteiger partial charge in [-0.15, -0.1) is 0 Å². The smallest absolute Gasteiger partial charge is 0.462 e. The van der Waals surface area contributed by atoms with Crippen LogP contribution >= 0.6 is 15.6 Å². The molecule has 0 aliphatic carbocycles. The summed E-state index contributed by atoms with van der Waals surface area (Å²) in [4.78, 5) is 72.9. The van der Waals surface area contributed by atoms with Crippen LogP contribution in [0.4, 0.5) is 0 Å². The molecule has 0 aromatic heterocycles. The molecule has 99 heavy (non-hydrogen) atoms. The Kier molecular flexibility index (Phi) is 71.6. The highest BCUT2D eigenvalue weighted by atomic mass is 31.2. The first-order valence-electron chi connectivity index (χ1n) is 41.6. The maximum absolute atomic E-state index is 13.1. The van der Waals surface area contributed by atoms with Crippen molar-refractivity contribution in [2.75, 3.05) is 39.6 Å². The van der Waals surface area contributed by atoms with Crippen molar-refractivity contribution >= 4 is 39.5 Å². The molecule has 0 fully saturated rings. The molecule has 0 aliphatic heterocycles. The Hall–Kier alpha value is -1.94. The highest BCUT2D eigenvalue weighted by Gasteiger charge is 2.30. The zero-order chi connectivity index (χ0) is 72.7. The third-order valence-electron chi connectivity index (χ3n) is 18.8. The van der Waals surface area contributed by atoms with E-state index in [0.29, 0.717) is 25.7 Å². The number of unbranched alkanes of at least 4 members (excludes halogenated alkanes) is 52. The van der Waals surface area contributed by atoms with Crippen molar-refractivity contribution in [1.29, 1.82) is 0 Å².